The first-order chi connectivity index (χ1) is 28.5. The third-order valence-corrected chi connectivity index (χ3v) is 15.1. The molecule has 13 heteroatoms. The number of anilines is 3. The summed E-state index contributed by atoms with van der Waals surface area (Å²) in [6.45, 7) is 6.49. The van der Waals surface area contributed by atoms with Crippen molar-refractivity contribution in [1.82, 2.24) is 15.0 Å². The zero-order chi connectivity index (χ0) is 41.1. The van der Waals surface area contributed by atoms with Crippen molar-refractivity contribution in [3.8, 4) is 11.5 Å². The quantitative estimate of drug-likeness (QED) is 0.131. The molecular weight excluding hydrogens is 827 g/mol. The van der Waals surface area contributed by atoms with Crippen LogP contribution in [0.15, 0.2) is 132 Å². The van der Waals surface area contributed by atoms with Gasteiger partial charge in [0.25, 0.3) is 11.8 Å². The molecule has 0 saturated carbocycles. The molecule has 1 fully saturated rings. The molecule has 3 aliphatic rings. The molecule has 2 N–H and O–H groups in total. The van der Waals surface area contributed by atoms with Crippen molar-refractivity contribution < 1.29 is 29.0 Å². The van der Waals surface area contributed by atoms with Gasteiger partial charge in [0.1, 0.15) is 5.75 Å². The molecule has 1 unspecified atom stereocenters. The Bertz CT molecular complexity index is 2550. The maximum atomic E-state index is 15.1. The van der Waals surface area contributed by atoms with Crippen molar-refractivity contribution in [2.24, 2.45) is 5.92 Å². The van der Waals surface area contributed by atoms with E-state index in [4.69, 9.17) is 9.47 Å². The molecule has 1 spiro atoms. The molecule has 3 aliphatic heterocycles. The average molecular weight is 871 g/mol. The van der Waals surface area contributed by atoms with E-state index < -0.39 is 20.0 Å². The predicted octanol–water partition coefficient (Wildman–Crippen LogP) is 8.68. The summed E-state index contributed by atoms with van der Waals surface area (Å²) in [7, 11) is -2.91. The van der Waals surface area contributed by atoms with E-state index in [9.17, 15) is 14.7 Å². The lowest BCUT2D eigenvalue weighted by molar-refractivity contribution is -0.146. The number of benzene rings is 5. The number of halogens is 1. The number of rotatable bonds is 10. The molecule has 1 aromatic heterocycles. The predicted molar refractivity (Wildman–Crippen MR) is 230 cm³/mol. The third-order valence-electron chi connectivity index (χ3n) is 12.1. The minimum atomic E-state index is -2.91. The second kappa shape index (κ2) is 15.3. The monoisotopic (exact) mass is 869 g/mol. The van der Waals surface area contributed by atoms with Crippen LogP contribution in [-0.2, 0) is 28.2 Å². The van der Waals surface area contributed by atoms with Gasteiger partial charge in [-0.05, 0) is 85.2 Å². The highest BCUT2D eigenvalue weighted by molar-refractivity contribution is 9.10. The van der Waals surface area contributed by atoms with E-state index >= 15 is 4.79 Å². The number of carbonyl (C=O) groups excluding carboxylic acids is 2. The normalized spacial score (nSPS) is 21.6. The lowest BCUT2D eigenvalue weighted by Crippen LogP contribution is -2.46. The van der Waals surface area contributed by atoms with Crippen LogP contribution in [0.1, 0.15) is 52.0 Å². The number of aryl methyl sites for hydroxylation is 1. The van der Waals surface area contributed by atoms with E-state index in [1.165, 1.54) is 0 Å². The number of aliphatic hydroxyl groups excluding tert-OH is 1. The maximum absolute atomic E-state index is 15.1. The zero-order valence-corrected chi connectivity index (χ0v) is 35.5. The summed E-state index contributed by atoms with van der Waals surface area (Å²) in [5.74, 6) is 0.0582. The second-order valence-corrected chi connectivity index (χ2v) is 21.0. The highest BCUT2D eigenvalue weighted by atomic mass is 79.9. The van der Waals surface area contributed by atoms with Gasteiger partial charge in [-0.2, -0.15) is 0 Å². The number of hydrogen-bond acceptors (Lipinski definition) is 8. The van der Waals surface area contributed by atoms with Gasteiger partial charge in [0, 0.05) is 39.9 Å². The minimum Gasteiger partial charge on any atom is -0.454 e. The lowest BCUT2D eigenvalue weighted by Gasteiger charge is -2.32. The van der Waals surface area contributed by atoms with Crippen LogP contribution in [0.3, 0.4) is 0 Å². The van der Waals surface area contributed by atoms with Crippen LogP contribution in [0.25, 0.3) is 0 Å². The number of hydrogen-bond donors (Lipinski definition) is 2. The second-order valence-electron chi connectivity index (χ2n) is 16.1. The Morgan fingerprint density at radius 2 is 1.59 bits per heavy atom. The highest BCUT2D eigenvalue weighted by Crippen LogP contribution is 2.60. The summed E-state index contributed by atoms with van der Waals surface area (Å²) in [5.41, 5.74) is 4.20. The number of nitrogens with zero attached hydrogens (tertiary/aromatic N) is 5. The molecule has 2 amide bonds. The van der Waals surface area contributed by atoms with Crippen LogP contribution in [0.4, 0.5) is 17.1 Å². The molecule has 4 heterocycles. The molecule has 11 nitrogen and oxygen atoms in total. The van der Waals surface area contributed by atoms with Crippen molar-refractivity contribution in [2.75, 3.05) is 16.4 Å². The van der Waals surface area contributed by atoms with Crippen LogP contribution in [0.5, 0.6) is 11.5 Å². The van der Waals surface area contributed by atoms with Gasteiger partial charge in [-0.15, -0.1) is 5.10 Å². The number of aliphatic hydroxyl groups is 1. The van der Waals surface area contributed by atoms with E-state index in [0.29, 0.717) is 47.1 Å². The van der Waals surface area contributed by atoms with Crippen LogP contribution >= 0.6 is 15.9 Å². The lowest BCUT2D eigenvalue weighted by atomic mass is 9.82. The molecular formula is C46H44BrN5O6Si. The SMILES string of the molecule is C[C@H]1[C@H]([Si](C)(C)O)[C@@H](CCn2cc(C(CO)c3ccccc3)nn2)O[C@]12C(=O)N(Cc1ccc(N3C(=O)c4ccccc4Oc4ccccc43)cc1)c1ccc(Br)cc12. The number of carbonyl (C=O) groups is 2. The fourth-order valence-corrected chi connectivity index (χ4v) is 12.3. The van der Waals surface area contributed by atoms with E-state index in [0.717, 1.165) is 26.9 Å². The maximum Gasteiger partial charge on any atom is 0.266 e. The van der Waals surface area contributed by atoms with Crippen molar-refractivity contribution in [3.63, 3.8) is 0 Å². The Labute approximate surface area is 352 Å². The molecule has 300 valence electrons. The highest BCUT2D eigenvalue weighted by Gasteiger charge is 2.66. The van der Waals surface area contributed by atoms with Gasteiger partial charge in [-0.25, -0.2) is 0 Å². The molecule has 0 radical (unpaired) electrons. The summed E-state index contributed by atoms with van der Waals surface area (Å²) in [6.07, 6.45) is 1.91. The summed E-state index contributed by atoms with van der Waals surface area (Å²) in [4.78, 5) is 44.4. The van der Waals surface area contributed by atoms with E-state index in [-0.39, 0.29) is 42.3 Å². The Morgan fingerprint density at radius 3 is 2.34 bits per heavy atom. The fraction of sp³-hybridized carbons (Fsp3) is 0.261. The minimum absolute atomic E-state index is 0.102. The number of aromatic nitrogens is 3. The number of amides is 2. The van der Waals surface area contributed by atoms with Gasteiger partial charge < -0.3 is 24.3 Å². The Kier molecular flexibility index (Phi) is 10.1. The summed E-state index contributed by atoms with van der Waals surface area (Å²) in [5, 5.41) is 19.0. The van der Waals surface area contributed by atoms with Gasteiger partial charge in [-0.3, -0.25) is 19.2 Å². The largest absolute Gasteiger partial charge is 0.454 e. The third kappa shape index (κ3) is 6.80. The van der Waals surface area contributed by atoms with E-state index in [1.54, 1.807) is 26.6 Å². The van der Waals surface area contributed by atoms with Gasteiger partial charge in [0.05, 0.1) is 47.8 Å². The Balaban J connectivity index is 0.993. The van der Waals surface area contributed by atoms with Crippen molar-refractivity contribution in [2.45, 2.75) is 62.7 Å². The average Bonchev–Trinajstić information content (AvgIpc) is 3.86. The standard InChI is InChI=1S/C46H44BrN5O6Si/c1-29-43(59(2,3)56)42(23-24-50-27-37(48-49-50)35(28-53)31-11-5-4-6-12-31)58-46(29)36-25-32(47)19-22-38(36)51(45(46)55)26-30-17-20-33(21-18-30)52-39-14-8-10-16-41(39)57-40-15-9-7-13-34(40)44(52)54/h4-22,25,27,29,35,42-43,53,56H,23-24,26,28H2,1-3H3/t29-,35?,42+,43-,46+/m0/s1. The first-order valence-electron chi connectivity index (χ1n) is 19.8. The van der Waals surface area contributed by atoms with Crippen LogP contribution in [0.2, 0.25) is 18.6 Å². The van der Waals surface area contributed by atoms with E-state index in [2.05, 4.69) is 26.2 Å². The molecule has 5 aromatic carbocycles. The molecule has 0 bridgehead atoms. The molecule has 9 rings (SSSR count). The van der Waals surface area contributed by atoms with Gasteiger partial charge in [-0.1, -0.05) is 94.8 Å². The van der Waals surface area contributed by atoms with Crippen molar-refractivity contribution in [1.29, 1.82) is 0 Å². The van der Waals surface area contributed by atoms with E-state index in [1.807, 2.05) is 135 Å². The Morgan fingerprint density at radius 1 is 0.881 bits per heavy atom. The molecule has 0 aliphatic carbocycles. The molecule has 59 heavy (non-hydrogen) atoms. The summed E-state index contributed by atoms with van der Waals surface area (Å²) < 4.78 is 15.9. The first-order valence-corrected chi connectivity index (χ1v) is 23.7. The molecule has 1 saturated heterocycles. The van der Waals surface area contributed by atoms with Gasteiger partial charge in [0.2, 0.25) is 0 Å². The van der Waals surface area contributed by atoms with Crippen molar-refractivity contribution in [3.05, 3.63) is 160 Å². The Hall–Kier alpha value is -5.44. The van der Waals surface area contributed by atoms with Gasteiger partial charge in [0.15, 0.2) is 19.7 Å². The number of ether oxygens (including phenoxy) is 2. The number of para-hydroxylation sites is 3. The summed E-state index contributed by atoms with van der Waals surface area (Å²) in [6, 6.07) is 38.0. The first kappa shape index (κ1) is 39.0. The van der Waals surface area contributed by atoms with Gasteiger partial charge >= 0.3 is 0 Å². The van der Waals surface area contributed by atoms with Crippen LogP contribution in [0, 0.1) is 5.92 Å². The van der Waals surface area contributed by atoms with Crippen molar-refractivity contribution >= 4 is 53.1 Å². The fourth-order valence-electron chi connectivity index (χ4n) is 9.37. The smallest absolute Gasteiger partial charge is 0.266 e. The topological polar surface area (TPSA) is 130 Å². The zero-order valence-electron chi connectivity index (χ0n) is 32.9. The van der Waals surface area contributed by atoms with Crippen LogP contribution < -0.4 is 14.5 Å². The molecule has 5 atom stereocenters. The van der Waals surface area contributed by atoms with Crippen LogP contribution in [-0.4, -0.2) is 57.7 Å². The molecule has 6 aromatic rings. The number of fused-ring (bicyclic) bond motifs is 4. The summed E-state index contributed by atoms with van der Waals surface area (Å²) >= 11 is 3.66.